The summed E-state index contributed by atoms with van der Waals surface area (Å²) in [4.78, 5) is 35.0. The molecule has 104 valence electrons. The van der Waals surface area contributed by atoms with Gasteiger partial charge in [-0.3, -0.25) is 4.79 Å². The highest BCUT2D eigenvalue weighted by molar-refractivity contribution is 5.85. The van der Waals surface area contributed by atoms with Gasteiger partial charge in [0.15, 0.2) is 0 Å². The fourth-order valence-electron chi connectivity index (χ4n) is 1.19. The molecule has 0 saturated carbocycles. The molecule has 7 nitrogen and oxygen atoms in total. The molecule has 18 heavy (non-hydrogen) atoms. The van der Waals surface area contributed by atoms with Crippen molar-refractivity contribution >= 4 is 18.0 Å². The maximum Gasteiger partial charge on any atom is 0.328 e. The number of hydrogen-bond acceptors (Lipinski definition) is 4. The first-order valence-corrected chi connectivity index (χ1v) is 5.46. The van der Waals surface area contributed by atoms with Crippen LogP contribution < -0.4 is 5.32 Å². The average molecular weight is 260 g/mol. The predicted molar refractivity (Wildman–Crippen MR) is 64.1 cm³/mol. The van der Waals surface area contributed by atoms with E-state index in [0.717, 1.165) is 0 Å². The van der Waals surface area contributed by atoms with Crippen molar-refractivity contribution in [2.75, 3.05) is 20.7 Å². The van der Waals surface area contributed by atoms with Crippen LogP contribution in [-0.4, -0.2) is 54.2 Å². The molecule has 0 fully saturated rings. The Balaban J connectivity index is 4.45. The molecule has 1 atom stereocenters. The number of hydrogen-bond donors (Lipinski definition) is 2. The van der Waals surface area contributed by atoms with E-state index >= 15 is 0 Å². The Kier molecular flexibility index (Phi) is 5.61. The van der Waals surface area contributed by atoms with Gasteiger partial charge in [0.05, 0.1) is 13.0 Å². The van der Waals surface area contributed by atoms with Crippen molar-refractivity contribution in [2.45, 2.75) is 26.3 Å². The van der Waals surface area contributed by atoms with E-state index in [1.807, 2.05) is 0 Å². The van der Waals surface area contributed by atoms with Crippen molar-refractivity contribution in [2.24, 2.45) is 5.92 Å². The van der Waals surface area contributed by atoms with Gasteiger partial charge < -0.3 is 20.1 Å². The van der Waals surface area contributed by atoms with E-state index in [9.17, 15) is 14.4 Å². The molecule has 0 radical (unpaired) electrons. The molecule has 0 aliphatic rings. The zero-order valence-corrected chi connectivity index (χ0v) is 11.3. The summed E-state index contributed by atoms with van der Waals surface area (Å²) in [6.45, 7) is 4.53. The lowest BCUT2D eigenvalue weighted by molar-refractivity contribution is -0.145. The fraction of sp³-hybridized carbons (Fsp3) is 0.727. The van der Waals surface area contributed by atoms with Crippen LogP contribution in [0.1, 0.15) is 20.8 Å². The van der Waals surface area contributed by atoms with E-state index in [1.165, 1.54) is 32.9 Å². The second kappa shape index (κ2) is 6.23. The molecule has 2 N–H and O–H groups in total. The molecular weight excluding hydrogens is 240 g/mol. The average Bonchev–Trinajstić information content (AvgIpc) is 2.26. The molecule has 0 aromatic rings. The fourth-order valence-corrected chi connectivity index (χ4v) is 1.19. The number of carbonyl (C=O) groups excluding carboxylic acids is 2. The summed E-state index contributed by atoms with van der Waals surface area (Å²) in [6, 6.07) is -0.557. The Morgan fingerprint density at radius 2 is 1.89 bits per heavy atom. The van der Waals surface area contributed by atoms with Gasteiger partial charge in [-0.1, -0.05) is 6.92 Å². The van der Waals surface area contributed by atoms with Crippen molar-refractivity contribution < 1.29 is 24.2 Å². The van der Waals surface area contributed by atoms with Crippen molar-refractivity contribution in [1.82, 2.24) is 10.2 Å². The smallest absolute Gasteiger partial charge is 0.328 e. The third kappa shape index (κ3) is 4.60. The minimum Gasteiger partial charge on any atom is -0.480 e. The van der Waals surface area contributed by atoms with E-state index in [2.05, 4.69) is 10.1 Å². The number of carbonyl (C=O) groups is 3. The lowest BCUT2D eigenvalue weighted by atomic mass is 10.1. The zero-order chi connectivity index (χ0) is 14.5. The van der Waals surface area contributed by atoms with Gasteiger partial charge in [-0.15, -0.1) is 0 Å². The number of aliphatic carboxylic acids is 1. The van der Waals surface area contributed by atoms with Gasteiger partial charge >= 0.3 is 18.0 Å². The molecule has 0 bridgehead atoms. The number of esters is 1. The molecule has 0 saturated heterocycles. The number of nitrogens with one attached hydrogen (secondary N) is 1. The van der Waals surface area contributed by atoms with Crippen LogP contribution >= 0.6 is 0 Å². The van der Waals surface area contributed by atoms with Gasteiger partial charge in [0.2, 0.25) is 0 Å². The highest BCUT2D eigenvalue weighted by Crippen LogP contribution is 2.05. The minimum atomic E-state index is -1.36. The van der Waals surface area contributed by atoms with Gasteiger partial charge in [-0.2, -0.15) is 0 Å². The monoisotopic (exact) mass is 260 g/mol. The van der Waals surface area contributed by atoms with E-state index < -0.39 is 29.4 Å². The molecule has 0 heterocycles. The molecule has 0 aliphatic heterocycles. The van der Waals surface area contributed by atoms with Crippen molar-refractivity contribution in [3.63, 3.8) is 0 Å². The molecule has 0 aliphatic carbocycles. The second-order valence-electron chi connectivity index (χ2n) is 4.67. The van der Waals surface area contributed by atoms with Gasteiger partial charge in [-0.25, -0.2) is 9.59 Å². The van der Waals surface area contributed by atoms with Crippen LogP contribution in [0, 0.1) is 5.92 Å². The summed E-state index contributed by atoms with van der Waals surface area (Å²) >= 11 is 0. The molecule has 2 amide bonds. The summed E-state index contributed by atoms with van der Waals surface area (Å²) in [5.74, 6) is -2.03. The van der Waals surface area contributed by atoms with E-state index in [-0.39, 0.29) is 6.54 Å². The van der Waals surface area contributed by atoms with Crippen molar-refractivity contribution in [1.29, 1.82) is 0 Å². The van der Waals surface area contributed by atoms with Crippen LogP contribution in [0.25, 0.3) is 0 Å². The highest BCUT2D eigenvalue weighted by Gasteiger charge is 2.30. The van der Waals surface area contributed by atoms with Gasteiger partial charge in [-0.05, 0) is 13.8 Å². The molecule has 0 rings (SSSR count). The number of methoxy groups -OCH3 is 1. The first-order valence-electron chi connectivity index (χ1n) is 5.46. The van der Waals surface area contributed by atoms with Crippen LogP contribution in [0.4, 0.5) is 4.79 Å². The Morgan fingerprint density at radius 1 is 1.39 bits per heavy atom. The van der Waals surface area contributed by atoms with Gasteiger partial charge in [0, 0.05) is 13.6 Å². The third-order valence-electron chi connectivity index (χ3n) is 2.45. The number of nitrogens with zero attached hydrogens (tertiary/aromatic N) is 1. The number of carboxylic acids is 1. The van der Waals surface area contributed by atoms with Crippen LogP contribution in [0.2, 0.25) is 0 Å². The summed E-state index contributed by atoms with van der Waals surface area (Å²) < 4.78 is 4.54. The lowest BCUT2D eigenvalue weighted by Crippen LogP contribution is -2.54. The number of rotatable bonds is 5. The first-order chi connectivity index (χ1) is 8.11. The number of urea groups is 1. The van der Waals surface area contributed by atoms with E-state index in [4.69, 9.17) is 5.11 Å². The summed E-state index contributed by atoms with van der Waals surface area (Å²) in [5.41, 5.74) is -1.36. The zero-order valence-electron chi connectivity index (χ0n) is 11.3. The molecule has 0 spiro atoms. The normalized spacial score (nSPS) is 12.5. The Bertz CT molecular complexity index is 340. The quantitative estimate of drug-likeness (QED) is 0.693. The minimum absolute atomic E-state index is 0.147. The van der Waals surface area contributed by atoms with Crippen LogP contribution in [0.3, 0.4) is 0 Å². The molecule has 0 aromatic carbocycles. The topological polar surface area (TPSA) is 95.9 Å². The van der Waals surface area contributed by atoms with Crippen LogP contribution in [0.15, 0.2) is 0 Å². The van der Waals surface area contributed by atoms with E-state index in [0.29, 0.717) is 0 Å². The highest BCUT2D eigenvalue weighted by atomic mass is 16.5. The number of amides is 2. The molecule has 0 aromatic heterocycles. The Morgan fingerprint density at radius 3 is 2.28 bits per heavy atom. The van der Waals surface area contributed by atoms with Crippen LogP contribution in [0.5, 0.6) is 0 Å². The molecular formula is C11H20N2O5. The molecule has 7 heteroatoms. The standard InChI is InChI=1S/C11H20N2O5/c1-7(8(14)18-5)6-13(4)10(17)12-11(2,3)9(15)16/h7H,6H2,1-5H3,(H,12,17)(H,15,16). The van der Waals surface area contributed by atoms with E-state index in [1.54, 1.807) is 6.92 Å². The van der Waals surface area contributed by atoms with Crippen LogP contribution in [-0.2, 0) is 14.3 Å². The number of carboxylic acid groups (broad SMARTS) is 1. The second-order valence-corrected chi connectivity index (χ2v) is 4.67. The van der Waals surface area contributed by atoms with Crippen molar-refractivity contribution in [3.8, 4) is 0 Å². The maximum absolute atomic E-state index is 11.7. The SMILES string of the molecule is COC(=O)C(C)CN(C)C(=O)NC(C)(C)C(=O)O. The van der Waals surface area contributed by atoms with Gasteiger partial charge in [0.1, 0.15) is 5.54 Å². The summed E-state index contributed by atoms with van der Waals surface area (Å²) in [7, 11) is 2.75. The van der Waals surface area contributed by atoms with Gasteiger partial charge in [0.25, 0.3) is 0 Å². The largest absolute Gasteiger partial charge is 0.480 e. The molecule has 1 unspecified atom stereocenters. The number of ether oxygens (including phenoxy) is 1. The summed E-state index contributed by atoms with van der Waals surface area (Å²) in [5, 5.41) is 11.2. The Labute approximate surface area is 106 Å². The van der Waals surface area contributed by atoms with Crippen molar-refractivity contribution in [3.05, 3.63) is 0 Å². The third-order valence-corrected chi connectivity index (χ3v) is 2.45. The lowest BCUT2D eigenvalue weighted by Gasteiger charge is -2.26. The summed E-state index contributed by atoms with van der Waals surface area (Å²) in [6.07, 6.45) is 0. The predicted octanol–water partition coefficient (Wildman–Crippen LogP) is 0.300. The first kappa shape index (κ1) is 16.2. The maximum atomic E-state index is 11.7. The Hall–Kier alpha value is -1.79.